The van der Waals surface area contributed by atoms with Crippen LogP contribution in [-0.2, 0) is 65.4 Å². The zero-order chi connectivity index (χ0) is 74.1. The summed E-state index contributed by atoms with van der Waals surface area (Å²) < 4.78 is 68.7. The van der Waals surface area contributed by atoms with Gasteiger partial charge in [-0.15, -0.1) is 0 Å². The van der Waals surface area contributed by atoms with Crippen molar-refractivity contribution in [2.45, 2.75) is 457 Å². The van der Waals surface area contributed by atoms with E-state index in [2.05, 4.69) is 34.6 Å². The van der Waals surface area contributed by atoms with E-state index >= 15 is 0 Å². The maximum absolute atomic E-state index is 13.1. The molecule has 600 valence electrons. The topological polar surface area (TPSA) is 237 Å². The van der Waals surface area contributed by atoms with Gasteiger partial charge in [-0.2, -0.15) is 0 Å². The van der Waals surface area contributed by atoms with Crippen molar-refractivity contribution in [1.29, 1.82) is 0 Å². The number of carbonyl (C=O) groups is 4. The van der Waals surface area contributed by atoms with Gasteiger partial charge in [-0.05, 0) is 31.6 Å². The summed E-state index contributed by atoms with van der Waals surface area (Å²) >= 11 is 0. The van der Waals surface area contributed by atoms with E-state index in [1.54, 1.807) is 0 Å². The van der Waals surface area contributed by atoms with Crippen LogP contribution in [0.25, 0.3) is 0 Å². The lowest BCUT2D eigenvalue weighted by molar-refractivity contribution is -0.161. The molecule has 101 heavy (non-hydrogen) atoms. The molecule has 0 fully saturated rings. The number of phosphoric ester groups is 2. The monoisotopic (exact) mass is 1480 g/mol. The molecule has 3 N–H and O–H groups in total. The Kier molecular flexibility index (Phi) is 73.5. The van der Waals surface area contributed by atoms with Crippen LogP contribution < -0.4 is 0 Å². The van der Waals surface area contributed by atoms with Gasteiger partial charge in [0.25, 0.3) is 0 Å². The summed E-state index contributed by atoms with van der Waals surface area (Å²) in [6, 6.07) is 0. The first kappa shape index (κ1) is 99.1. The van der Waals surface area contributed by atoms with E-state index in [4.69, 9.17) is 37.0 Å². The molecule has 0 aromatic heterocycles. The predicted molar refractivity (Wildman–Crippen MR) is 414 cm³/mol. The second-order valence-electron chi connectivity index (χ2n) is 30.0. The molecule has 0 rings (SSSR count). The number of unbranched alkanes of at least 4 members (excludes halogenated alkanes) is 54. The van der Waals surface area contributed by atoms with Gasteiger partial charge in [-0.3, -0.25) is 37.3 Å². The summed E-state index contributed by atoms with van der Waals surface area (Å²) in [5.41, 5.74) is 0. The van der Waals surface area contributed by atoms with E-state index in [-0.39, 0.29) is 25.7 Å². The number of carbonyl (C=O) groups excluding carboxylic acids is 4. The molecule has 17 nitrogen and oxygen atoms in total. The van der Waals surface area contributed by atoms with Crippen LogP contribution in [0, 0.1) is 5.92 Å². The third-order valence-electron chi connectivity index (χ3n) is 19.3. The third kappa shape index (κ3) is 76.1. The van der Waals surface area contributed by atoms with E-state index in [1.807, 2.05) is 0 Å². The molecule has 0 aliphatic rings. The zero-order valence-corrected chi connectivity index (χ0v) is 67.8. The van der Waals surface area contributed by atoms with Crippen molar-refractivity contribution in [2.24, 2.45) is 5.92 Å². The molecule has 19 heteroatoms. The summed E-state index contributed by atoms with van der Waals surface area (Å²) in [5.74, 6) is -1.34. The fourth-order valence-electron chi connectivity index (χ4n) is 12.8. The van der Waals surface area contributed by atoms with Crippen LogP contribution in [0.3, 0.4) is 0 Å². The average molecular weight is 1480 g/mol. The van der Waals surface area contributed by atoms with Gasteiger partial charge >= 0.3 is 39.5 Å². The Bertz CT molecular complexity index is 1930. The van der Waals surface area contributed by atoms with Crippen molar-refractivity contribution in [3.8, 4) is 0 Å². The Labute approximate surface area is 619 Å². The average Bonchev–Trinajstić information content (AvgIpc) is 0.989. The molecule has 0 radical (unpaired) electrons. The Morgan fingerprint density at radius 1 is 0.267 bits per heavy atom. The summed E-state index contributed by atoms with van der Waals surface area (Å²) in [6.45, 7) is 7.31. The van der Waals surface area contributed by atoms with Crippen LogP contribution in [0.2, 0.25) is 0 Å². The molecule has 0 aliphatic heterocycles. The lowest BCUT2D eigenvalue weighted by Crippen LogP contribution is -2.30. The quantitative estimate of drug-likeness (QED) is 0.0222. The molecule has 0 saturated carbocycles. The number of ether oxygens (including phenoxy) is 4. The van der Waals surface area contributed by atoms with E-state index in [0.29, 0.717) is 25.7 Å². The van der Waals surface area contributed by atoms with Gasteiger partial charge in [-0.1, -0.05) is 388 Å². The van der Waals surface area contributed by atoms with Gasteiger partial charge in [0.05, 0.1) is 26.4 Å². The second-order valence-corrected chi connectivity index (χ2v) is 32.9. The van der Waals surface area contributed by atoms with E-state index in [1.165, 1.54) is 257 Å². The Balaban J connectivity index is 5.19. The maximum atomic E-state index is 13.1. The van der Waals surface area contributed by atoms with E-state index in [0.717, 1.165) is 102 Å². The number of esters is 4. The van der Waals surface area contributed by atoms with Gasteiger partial charge in [-0.25, -0.2) is 9.13 Å². The zero-order valence-electron chi connectivity index (χ0n) is 66.1. The standard InChI is InChI=1S/C82H160O17P2/c1-6-9-12-15-18-21-23-25-27-29-31-33-35-37-39-43-47-52-57-62-67-81(86)99-78(72-93-80(85)66-61-56-51-46-42-38-36-34-32-30-28-26-24-22-19-16-13-10-7-2)74-97-101(90,91)95-70-76(83)69-94-100(88,89)96-73-77(71-92-79(84)65-60-55-50-20-17-14-11-8-3)98-82(87)68-63-58-53-48-44-40-41-45-49-54-59-64-75(4)5/h75-78,83H,6-74H2,1-5H3,(H,88,89)(H,90,91)/t76-,77+,78+/m0/s1. The molecular weight excluding hydrogens is 1320 g/mol. The molecule has 0 amide bonds. The third-order valence-corrected chi connectivity index (χ3v) is 21.2. The maximum Gasteiger partial charge on any atom is 0.472 e. The normalized spacial score (nSPS) is 13.8. The van der Waals surface area contributed by atoms with Crippen LogP contribution in [0.1, 0.15) is 439 Å². The largest absolute Gasteiger partial charge is 0.472 e. The fraction of sp³-hybridized carbons (Fsp3) is 0.951. The van der Waals surface area contributed by atoms with Crippen molar-refractivity contribution in [3.05, 3.63) is 0 Å². The first-order valence-electron chi connectivity index (χ1n) is 42.6. The van der Waals surface area contributed by atoms with Crippen LogP contribution in [0.4, 0.5) is 0 Å². The van der Waals surface area contributed by atoms with Crippen molar-refractivity contribution < 1.29 is 80.2 Å². The summed E-state index contributed by atoms with van der Waals surface area (Å²) in [7, 11) is -9.92. The van der Waals surface area contributed by atoms with Crippen LogP contribution in [0.5, 0.6) is 0 Å². The van der Waals surface area contributed by atoms with Crippen molar-refractivity contribution in [1.82, 2.24) is 0 Å². The molecule has 0 spiro atoms. The number of phosphoric acid groups is 2. The van der Waals surface area contributed by atoms with Crippen molar-refractivity contribution in [2.75, 3.05) is 39.6 Å². The number of hydrogen-bond acceptors (Lipinski definition) is 15. The second kappa shape index (κ2) is 74.9. The Hall–Kier alpha value is -1.94. The number of hydrogen-bond donors (Lipinski definition) is 3. The SMILES string of the molecule is CCCCCCCCCCCCCCCCCCCCCCC(=O)O[C@H](COC(=O)CCCCCCCCCCCCCCCCCCCCC)COP(=O)(O)OC[C@@H](O)COP(=O)(O)OC[C@@H](COC(=O)CCCCCCCCCC)OC(=O)CCCCCCCCCCCCCC(C)C. The van der Waals surface area contributed by atoms with Gasteiger partial charge in [0.2, 0.25) is 0 Å². The van der Waals surface area contributed by atoms with Gasteiger partial charge in [0.1, 0.15) is 19.3 Å². The molecule has 5 atom stereocenters. The minimum absolute atomic E-state index is 0.107. The highest BCUT2D eigenvalue weighted by Gasteiger charge is 2.30. The molecule has 0 aliphatic carbocycles. The molecule has 0 saturated heterocycles. The van der Waals surface area contributed by atoms with Gasteiger partial charge in [0.15, 0.2) is 12.2 Å². The number of aliphatic hydroxyl groups is 1. The first-order chi connectivity index (χ1) is 49.0. The van der Waals surface area contributed by atoms with Gasteiger partial charge < -0.3 is 33.8 Å². The lowest BCUT2D eigenvalue weighted by Gasteiger charge is -2.21. The molecule has 0 bridgehead atoms. The predicted octanol–water partition coefficient (Wildman–Crippen LogP) is 24.8. The summed E-state index contributed by atoms with van der Waals surface area (Å²) in [6.07, 6.45) is 66.8. The molecule has 0 aromatic carbocycles. The number of rotatable bonds is 82. The van der Waals surface area contributed by atoms with Crippen molar-refractivity contribution >= 4 is 39.5 Å². The van der Waals surface area contributed by atoms with Crippen LogP contribution in [-0.4, -0.2) is 96.7 Å². The highest BCUT2D eigenvalue weighted by molar-refractivity contribution is 7.47. The Morgan fingerprint density at radius 2 is 0.455 bits per heavy atom. The minimum Gasteiger partial charge on any atom is -0.462 e. The Morgan fingerprint density at radius 3 is 0.673 bits per heavy atom. The van der Waals surface area contributed by atoms with E-state index in [9.17, 15) is 43.2 Å². The molecule has 0 aromatic rings. The highest BCUT2D eigenvalue weighted by Crippen LogP contribution is 2.45. The molecule has 0 heterocycles. The summed E-state index contributed by atoms with van der Waals surface area (Å²) in [4.78, 5) is 73.0. The summed E-state index contributed by atoms with van der Waals surface area (Å²) in [5, 5.41) is 10.6. The first-order valence-corrected chi connectivity index (χ1v) is 45.6. The highest BCUT2D eigenvalue weighted by atomic mass is 31.2. The minimum atomic E-state index is -4.96. The fourth-order valence-corrected chi connectivity index (χ4v) is 14.3. The van der Waals surface area contributed by atoms with Crippen LogP contribution in [0.15, 0.2) is 0 Å². The van der Waals surface area contributed by atoms with Gasteiger partial charge in [0, 0.05) is 25.7 Å². The molecular formula is C82H160O17P2. The number of aliphatic hydroxyl groups excluding tert-OH is 1. The van der Waals surface area contributed by atoms with E-state index < -0.39 is 97.5 Å². The smallest absolute Gasteiger partial charge is 0.462 e. The van der Waals surface area contributed by atoms with Crippen molar-refractivity contribution in [3.63, 3.8) is 0 Å². The van der Waals surface area contributed by atoms with Crippen LogP contribution >= 0.6 is 15.6 Å². The lowest BCUT2D eigenvalue weighted by atomic mass is 10.0. The molecule has 2 unspecified atom stereocenters.